The van der Waals surface area contributed by atoms with E-state index >= 15 is 0 Å². The lowest BCUT2D eigenvalue weighted by Gasteiger charge is -2.35. The number of β-amino-alcohol motifs (C(OH)–C–C–N with tert-alkyl or cyclic N) is 1. The van der Waals surface area contributed by atoms with Gasteiger partial charge in [0, 0.05) is 13.1 Å². The molecule has 3 nitrogen and oxygen atoms in total. The third kappa shape index (κ3) is 3.50. The van der Waals surface area contributed by atoms with Gasteiger partial charge < -0.3 is 9.84 Å². The molecule has 1 aliphatic heterocycles. The maximum absolute atomic E-state index is 10.1. The standard InChI is InChI=1S/C16H21NO2/c1-4-8-17-9-7-16(15(18)11-17)19-14-6-5-12(2)13(3)10-14/h1,5-6,10,15-16,18H,7-9,11H2,2-3H3/t15-,16-/m1/s1. The second-order valence-electron chi connectivity index (χ2n) is 5.20. The molecule has 1 aromatic carbocycles. The van der Waals surface area contributed by atoms with E-state index < -0.39 is 6.10 Å². The number of likely N-dealkylation sites (tertiary alicyclic amines) is 1. The molecular weight excluding hydrogens is 238 g/mol. The van der Waals surface area contributed by atoms with Crippen molar-refractivity contribution in [2.24, 2.45) is 0 Å². The van der Waals surface area contributed by atoms with Crippen molar-refractivity contribution in [3.63, 3.8) is 0 Å². The van der Waals surface area contributed by atoms with Gasteiger partial charge in [0.2, 0.25) is 0 Å². The van der Waals surface area contributed by atoms with Crippen LogP contribution in [0.3, 0.4) is 0 Å². The van der Waals surface area contributed by atoms with E-state index in [1.165, 1.54) is 11.1 Å². The summed E-state index contributed by atoms with van der Waals surface area (Å²) in [6, 6.07) is 6.03. The molecule has 0 spiro atoms. The van der Waals surface area contributed by atoms with Gasteiger partial charge in [0.25, 0.3) is 0 Å². The number of ether oxygens (including phenoxy) is 1. The van der Waals surface area contributed by atoms with Crippen LogP contribution >= 0.6 is 0 Å². The zero-order chi connectivity index (χ0) is 13.8. The van der Waals surface area contributed by atoms with Gasteiger partial charge >= 0.3 is 0 Å². The zero-order valence-electron chi connectivity index (χ0n) is 11.6. The summed E-state index contributed by atoms with van der Waals surface area (Å²) in [6.07, 6.45) is 5.47. The van der Waals surface area contributed by atoms with Crippen molar-refractivity contribution >= 4 is 0 Å². The van der Waals surface area contributed by atoms with Gasteiger partial charge in [-0.1, -0.05) is 12.0 Å². The van der Waals surface area contributed by atoms with Gasteiger partial charge in [-0.05, 0) is 43.5 Å². The molecule has 1 aliphatic rings. The van der Waals surface area contributed by atoms with E-state index in [9.17, 15) is 5.11 Å². The topological polar surface area (TPSA) is 32.7 Å². The molecule has 1 fully saturated rings. The quantitative estimate of drug-likeness (QED) is 0.839. The van der Waals surface area contributed by atoms with E-state index in [-0.39, 0.29) is 6.10 Å². The largest absolute Gasteiger partial charge is 0.488 e. The van der Waals surface area contributed by atoms with E-state index in [4.69, 9.17) is 11.2 Å². The average Bonchev–Trinajstić information content (AvgIpc) is 2.37. The minimum Gasteiger partial charge on any atom is -0.488 e. The Hall–Kier alpha value is -1.50. The van der Waals surface area contributed by atoms with E-state index in [1.807, 2.05) is 18.2 Å². The normalized spacial score (nSPS) is 23.9. The molecule has 1 N–H and O–H groups in total. The van der Waals surface area contributed by atoms with Crippen molar-refractivity contribution in [2.75, 3.05) is 19.6 Å². The van der Waals surface area contributed by atoms with Crippen LogP contribution in [0.25, 0.3) is 0 Å². The number of nitrogens with zero attached hydrogens (tertiary/aromatic N) is 1. The molecule has 1 saturated heterocycles. The number of hydrogen-bond donors (Lipinski definition) is 1. The first kappa shape index (κ1) is 13.9. The SMILES string of the molecule is C#CCN1CC[C@@H](Oc2ccc(C)c(C)c2)[C@H](O)C1. The summed E-state index contributed by atoms with van der Waals surface area (Å²) >= 11 is 0. The zero-order valence-corrected chi connectivity index (χ0v) is 11.6. The highest BCUT2D eigenvalue weighted by Crippen LogP contribution is 2.21. The van der Waals surface area contributed by atoms with Crippen LogP contribution in [0.15, 0.2) is 18.2 Å². The maximum Gasteiger partial charge on any atom is 0.127 e. The lowest BCUT2D eigenvalue weighted by atomic mass is 10.0. The minimum absolute atomic E-state index is 0.142. The molecule has 3 heteroatoms. The van der Waals surface area contributed by atoms with Crippen LogP contribution in [-0.4, -0.2) is 41.8 Å². The fourth-order valence-corrected chi connectivity index (χ4v) is 2.35. The summed E-state index contributed by atoms with van der Waals surface area (Å²) in [7, 11) is 0. The first-order valence-electron chi connectivity index (χ1n) is 6.68. The van der Waals surface area contributed by atoms with Crippen LogP contribution < -0.4 is 4.74 Å². The Labute approximate surface area is 115 Å². The van der Waals surface area contributed by atoms with Gasteiger partial charge in [-0.3, -0.25) is 4.90 Å². The first-order valence-corrected chi connectivity index (χ1v) is 6.68. The summed E-state index contributed by atoms with van der Waals surface area (Å²) in [6.45, 7) is 6.18. The number of terminal acetylenes is 1. The highest BCUT2D eigenvalue weighted by Gasteiger charge is 2.28. The van der Waals surface area contributed by atoms with Crippen molar-refractivity contribution in [2.45, 2.75) is 32.5 Å². The summed E-state index contributed by atoms with van der Waals surface area (Å²) < 4.78 is 5.90. The first-order chi connectivity index (χ1) is 9.10. The van der Waals surface area contributed by atoms with Crippen molar-refractivity contribution < 1.29 is 9.84 Å². The van der Waals surface area contributed by atoms with E-state index in [1.54, 1.807) is 0 Å². The third-order valence-electron chi connectivity index (χ3n) is 3.68. The fourth-order valence-electron chi connectivity index (χ4n) is 2.35. The minimum atomic E-state index is -0.483. The van der Waals surface area contributed by atoms with Crippen LogP contribution in [0.1, 0.15) is 17.5 Å². The Morgan fingerprint density at radius 1 is 1.42 bits per heavy atom. The molecule has 0 amide bonds. The van der Waals surface area contributed by atoms with Gasteiger partial charge in [0.1, 0.15) is 18.0 Å². The van der Waals surface area contributed by atoms with Crippen LogP contribution in [-0.2, 0) is 0 Å². The smallest absolute Gasteiger partial charge is 0.127 e. The van der Waals surface area contributed by atoms with Crippen LogP contribution in [0.4, 0.5) is 0 Å². The number of aliphatic hydroxyl groups is 1. The van der Waals surface area contributed by atoms with Crippen molar-refractivity contribution in [1.29, 1.82) is 0 Å². The predicted octanol–water partition coefficient (Wildman–Crippen LogP) is 1.75. The Balaban J connectivity index is 1.96. The molecular formula is C16H21NO2. The molecule has 1 aromatic rings. The van der Waals surface area contributed by atoms with Crippen LogP contribution in [0.2, 0.25) is 0 Å². The molecule has 2 rings (SSSR count). The summed E-state index contributed by atoms with van der Waals surface area (Å²) in [5.74, 6) is 3.44. The Morgan fingerprint density at radius 3 is 2.84 bits per heavy atom. The summed E-state index contributed by atoms with van der Waals surface area (Å²) in [4.78, 5) is 2.07. The lowest BCUT2D eigenvalue weighted by molar-refractivity contribution is -0.0216. The van der Waals surface area contributed by atoms with Gasteiger partial charge in [-0.2, -0.15) is 0 Å². The maximum atomic E-state index is 10.1. The van der Waals surface area contributed by atoms with Crippen molar-refractivity contribution in [3.05, 3.63) is 29.3 Å². The van der Waals surface area contributed by atoms with Gasteiger partial charge in [-0.25, -0.2) is 0 Å². The number of aryl methyl sites for hydroxylation is 2. The molecule has 0 saturated carbocycles. The Bertz CT molecular complexity index is 478. The molecule has 1 heterocycles. The average molecular weight is 259 g/mol. The van der Waals surface area contributed by atoms with Crippen molar-refractivity contribution in [1.82, 2.24) is 4.90 Å². The molecule has 0 unspecified atom stereocenters. The Kier molecular flexibility index (Phi) is 4.47. The summed E-state index contributed by atoms with van der Waals surface area (Å²) in [5, 5.41) is 10.1. The molecule has 0 aromatic heterocycles. The van der Waals surface area contributed by atoms with Gasteiger partial charge in [0.05, 0.1) is 6.54 Å². The van der Waals surface area contributed by atoms with Crippen molar-refractivity contribution in [3.8, 4) is 18.1 Å². The monoisotopic (exact) mass is 259 g/mol. The number of piperidine rings is 1. The second kappa shape index (κ2) is 6.10. The van der Waals surface area contributed by atoms with E-state index in [0.29, 0.717) is 13.1 Å². The number of rotatable bonds is 3. The van der Waals surface area contributed by atoms with E-state index in [0.717, 1.165) is 18.7 Å². The lowest BCUT2D eigenvalue weighted by Crippen LogP contribution is -2.49. The molecule has 102 valence electrons. The highest BCUT2D eigenvalue weighted by molar-refractivity contribution is 5.34. The van der Waals surface area contributed by atoms with Gasteiger partial charge in [0.15, 0.2) is 0 Å². The van der Waals surface area contributed by atoms with Gasteiger partial charge in [-0.15, -0.1) is 6.42 Å². The molecule has 2 atom stereocenters. The van der Waals surface area contributed by atoms with E-state index in [2.05, 4.69) is 24.7 Å². The summed E-state index contributed by atoms with van der Waals surface area (Å²) in [5.41, 5.74) is 2.45. The number of aliphatic hydroxyl groups excluding tert-OH is 1. The molecule has 0 radical (unpaired) electrons. The van der Waals surface area contributed by atoms with Crippen LogP contribution in [0.5, 0.6) is 5.75 Å². The molecule has 0 bridgehead atoms. The van der Waals surface area contributed by atoms with Crippen LogP contribution in [0, 0.1) is 26.2 Å². The second-order valence-corrected chi connectivity index (χ2v) is 5.20. The predicted molar refractivity (Wildman–Crippen MR) is 76.2 cm³/mol. The fraction of sp³-hybridized carbons (Fsp3) is 0.500. The number of hydrogen-bond acceptors (Lipinski definition) is 3. The third-order valence-corrected chi connectivity index (χ3v) is 3.68. The number of benzene rings is 1. The highest BCUT2D eigenvalue weighted by atomic mass is 16.5. The molecule has 0 aliphatic carbocycles. The Morgan fingerprint density at radius 2 is 2.21 bits per heavy atom. The molecule has 19 heavy (non-hydrogen) atoms.